The number of benzene rings is 1. The van der Waals surface area contributed by atoms with Gasteiger partial charge in [-0.05, 0) is 30.5 Å². The molecule has 1 aromatic carbocycles. The van der Waals surface area contributed by atoms with Crippen molar-refractivity contribution in [3.63, 3.8) is 0 Å². The van der Waals surface area contributed by atoms with E-state index in [2.05, 4.69) is 37.9 Å². The van der Waals surface area contributed by atoms with E-state index in [-0.39, 0.29) is 6.04 Å². The summed E-state index contributed by atoms with van der Waals surface area (Å²) in [5, 5.41) is 0. The molecule has 0 spiro atoms. The van der Waals surface area contributed by atoms with Gasteiger partial charge in [0, 0.05) is 27.5 Å². The van der Waals surface area contributed by atoms with Gasteiger partial charge in [-0.15, -0.1) is 0 Å². The summed E-state index contributed by atoms with van der Waals surface area (Å²) in [5.74, 6) is 0.436. The highest BCUT2D eigenvalue weighted by molar-refractivity contribution is 9.11. The molecule has 4 heteroatoms. The van der Waals surface area contributed by atoms with Crippen molar-refractivity contribution in [3.8, 4) is 0 Å². The Labute approximate surface area is 113 Å². The second kappa shape index (κ2) is 5.63. The van der Waals surface area contributed by atoms with Gasteiger partial charge in [0.15, 0.2) is 0 Å². The molecule has 0 aliphatic carbocycles. The molecule has 2 unspecified atom stereocenters. The smallest absolute Gasteiger partial charge is 0.0512 e. The lowest BCUT2D eigenvalue weighted by atomic mass is 9.89. The predicted octanol–water partition coefficient (Wildman–Crippen LogP) is 3.64. The molecular weight excluding hydrogens is 334 g/mol. The van der Waals surface area contributed by atoms with Gasteiger partial charge in [0.05, 0.1) is 6.61 Å². The largest absolute Gasteiger partial charge is 0.381 e. The predicted molar refractivity (Wildman–Crippen MR) is 72.3 cm³/mol. The lowest BCUT2D eigenvalue weighted by Crippen LogP contribution is -2.29. The van der Waals surface area contributed by atoms with Gasteiger partial charge in [-0.2, -0.15) is 0 Å². The van der Waals surface area contributed by atoms with Crippen LogP contribution in [0.1, 0.15) is 24.4 Å². The van der Waals surface area contributed by atoms with Gasteiger partial charge < -0.3 is 10.5 Å². The summed E-state index contributed by atoms with van der Waals surface area (Å²) in [5.41, 5.74) is 7.46. The van der Waals surface area contributed by atoms with Crippen LogP contribution in [0.5, 0.6) is 0 Å². The van der Waals surface area contributed by atoms with Crippen molar-refractivity contribution in [3.05, 3.63) is 32.7 Å². The van der Waals surface area contributed by atoms with Crippen LogP contribution in [0.3, 0.4) is 0 Å². The zero-order chi connectivity index (χ0) is 11.5. The van der Waals surface area contributed by atoms with Crippen LogP contribution < -0.4 is 5.73 Å². The van der Waals surface area contributed by atoms with E-state index in [1.807, 2.05) is 12.1 Å². The van der Waals surface area contributed by atoms with E-state index in [9.17, 15) is 0 Å². The Balaban J connectivity index is 2.15. The van der Waals surface area contributed by atoms with Gasteiger partial charge in [-0.25, -0.2) is 0 Å². The summed E-state index contributed by atoms with van der Waals surface area (Å²) in [7, 11) is 0. The monoisotopic (exact) mass is 347 g/mol. The fraction of sp³-hybridized carbons (Fsp3) is 0.500. The van der Waals surface area contributed by atoms with Gasteiger partial charge in [-0.3, -0.25) is 0 Å². The van der Waals surface area contributed by atoms with Crippen molar-refractivity contribution in [1.82, 2.24) is 0 Å². The topological polar surface area (TPSA) is 35.2 Å². The van der Waals surface area contributed by atoms with Gasteiger partial charge in [0.25, 0.3) is 0 Å². The highest BCUT2D eigenvalue weighted by Crippen LogP contribution is 2.32. The molecule has 1 heterocycles. The average molecular weight is 349 g/mol. The van der Waals surface area contributed by atoms with Crippen LogP contribution in [0.15, 0.2) is 27.1 Å². The number of nitrogens with two attached hydrogens (primary N) is 1. The Kier molecular flexibility index (Phi) is 4.41. The van der Waals surface area contributed by atoms with Crippen LogP contribution in [0.2, 0.25) is 0 Å². The summed E-state index contributed by atoms with van der Waals surface area (Å²) >= 11 is 7.01. The van der Waals surface area contributed by atoms with Crippen LogP contribution in [-0.2, 0) is 4.74 Å². The number of hydrogen-bond acceptors (Lipinski definition) is 2. The molecule has 0 saturated carbocycles. The zero-order valence-electron chi connectivity index (χ0n) is 8.96. The van der Waals surface area contributed by atoms with Crippen LogP contribution in [-0.4, -0.2) is 13.2 Å². The van der Waals surface area contributed by atoms with Crippen molar-refractivity contribution >= 4 is 31.9 Å². The van der Waals surface area contributed by atoms with Crippen LogP contribution >= 0.6 is 31.9 Å². The average Bonchev–Trinajstić information content (AvgIpc) is 2.29. The SMILES string of the molecule is NC(c1ccc(Br)cc1Br)C1CCCOC1. The molecule has 2 N–H and O–H groups in total. The lowest BCUT2D eigenvalue weighted by molar-refractivity contribution is 0.0447. The highest BCUT2D eigenvalue weighted by atomic mass is 79.9. The Bertz CT molecular complexity index is 364. The molecule has 1 fully saturated rings. The number of ether oxygens (including phenoxy) is 1. The fourth-order valence-corrected chi connectivity index (χ4v) is 3.39. The number of halogens is 2. The van der Waals surface area contributed by atoms with Gasteiger partial charge >= 0.3 is 0 Å². The molecule has 0 amide bonds. The summed E-state index contributed by atoms with van der Waals surface area (Å²) in [6, 6.07) is 6.21. The molecular formula is C12H15Br2NO. The van der Waals surface area contributed by atoms with E-state index in [1.54, 1.807) is 0 Å². The molecule has 0 radical (unpaired) electrons. The van der Waals surface area contributed by atoms with E-state index in [0.29, 0.717) is 5.92 Å². The lowest BCUT2D eigenvalue weighted by Gasteiger charge is -2.28. The summed E-state index contributed by atoms with van der Waals surface area (Å²) in [4.78, 5) is 0. The van der Waals surface area contributed by atoms with E-state index >= 15 is 0 Å². The first-order valence-electron chi connectivity index (χ1n) is 5.47. The third kappa shape index (κ3) is 2.86. The zero-order valence-corrected chi connectivity index (χ0v) is 12.1. The molecule has 1 aliphatic heterocycles. The van der Waals surface area contributed by atoms with Gasteiger partial charge in [-0.1, -0.05) is 37.9 Å². The Morgan fingerprint density at radius 1 is 1.38 bits per heavy atom. The van der Waals surface area contributed by atoms with E-state index in [4.69, 9.17) is 10.5 Å². The molecule has 0 aromatic heterocycles. The maximum atomic E-state index is 6.30. The Morgan fingerprint density at radius 3 is 2.81 bits per heavy atom. The molecule has 16 heavy (non-hydrogen) atoms. The van der Waals surface area contributed by atoms with Crippen molar-refractivity contribution < 1.29 is 4.74 Å². The minimum atomic E-state index is 0.0581. The summed E-state index contributed by atoms with van der Waals surface area (Å²) < 4.78 is 7.62. The van der Waals surface area contributed by atoms with E-state index < -0.39 is 0 Å². The van der Waals surface area contributed by atoms with Crippen LogP contribution in [0.25, 0.3) is 0 Å². The summed E-state index contributed by atoms with van der Waals surface area (Å²) in [6.07, 6.45) is 2.27. The third-order valence-electron chi connectivity index (χ3n) is 3.02. The highest BCUT2D eigenvalue weighted by Gasteiger charge is 2.23. The Morgan fingerprint density at radius 2 is 2.19 bits per heavy atom. The number of hydrogen-bond donors (Lipinski definition) is 1. The van der Waals surface area contributed by atoms with Gasteiger partial charge in [0.2, 0.25) is 0 Å². The number of rotatable bonds is 2. The van der Waals surface area contributed by atoms with Crippen molar-refractivity contribution in [2.45, 2.75) is 18.9 Å². The molecule has 2 atom stereocenters. The maximum absolute atomic E-state index is 6.30. The van der Waals surface area contributed by atoms with Crippen molar-refractivity contribution in [2.75, 3.05) is 13.2 Å². The quantitative estimate of drug-likeness (QED) is 0.885. The van der Waals surface area contributed by atoms with Crippen molar-refractivity contribution in [1.29, 1.82) is 0 Å². The molecule has 2 rings (SSSR count). The third-order valence-corrected chi connectivity index (χ3v) is 4.21. The fourth-order valence-electron chi connectivity index (χ4n) is 2.07. The molecule has 1 aliphatic rings. The summed E-state index contributed by atoms with van der Waals surface area (Å²) in [6.45, 7) is 1.66. The minimum Gasteiger partial charge on any atom is -0.381 e. The van der Waals surface area contributed by atoms with Crippen LogP contribution in [0, 0.1) is 5.92 Å². The Hall–Kier alpha value is 0.1000. The molecule has 0 bridgehead atoms. The molecule has 2 nitrogen and oxygen atoms in total. The second-order valence-electron chi connectivity index (χ2n) is 4.17. The molecule has 88 valence electrons. The maximum Gasteiger partial charge on any atom is 0.0512 e. The molecule has 1 aromatic rings. The standard InChI is InChI=1S/C12H15Br2NO/c13-9-3-4-10(11(14)6-9)12(15)8-2-1-5-16-7-8/h3-4,6,8,12H,1-2,5,7,15H2. The van der Waals surface area contributed by atoms with Gasteiger partial charge in [0.1, 0.15) is 0 Å². The second-order valence-corrected chi connectivity index (χ2v) is 5.94. The normalized spacial score (nSPS) is 23.1. The first-order chi connectivity index (χ1) is 7.68. The van der Waals surface area contributed by atoms with Crippen LogP contribution in [0.4, 0.5) is 0 Å². The minimum absolute atomic E-state index is 0.0581. The first-order valence-corrected chi connectivity index (χ1v) is 7.05. The molecule has 1 saturated heterocycles. The van der Waals surface area contributed by atoms with E-state index in [1.165, 1.54) is 5.56 Å². The first kappa shape index (κ1) is 12.6. The van der Waals surface area contributed by atoms with E-state index in [0.717, 1.165) is 35.0 Å². The van der Waals surface area contributed by atoms with Crippen molar-refractivity contribution in [2.24, 2.45) is 11.7 Å².